The number of methoxy groups -OCH3 is 2. The van der Waals surface area contributed by atoms with Crippen molar-refractivity contribution in [3.63, 3.8) is 0 Å². The van der Waals surface area contributed by atoms with Crippen LogP contribution in [0.15, 0.2) is 18.2 Å². The van der Waals surface area contributed by atoms with Crippen LogP contribution in [0.3, 0.4) is 0 Å². The molecule has 2 aromatic heterocycles. The Balaban J connectivity index is 2.55. The van der Waals surface area contributed by atoms with Gasteiger partial charge in [-0.25, -0.2) is 14.6 Å². The van der Waals surface area contributed by atoms with E-state index in [0.717, 1.165) is 14.2 Å². The second kappa shape index (κ2) is 6.35. The number of hydrogen-bond acceptors (Lipinski definition) is 7. The minimum Gasteiger partial charge on any atom is -0.465 e. The maximum absolute atomic E-state index is 12.4. The zero-order valence-corrected chi connectivity index (χ0v) is 12.3. The lowest BCUT2D eigenvalue weighted by Crippen LogP contribution is -2.15. The number of H-pyrrole nitrogens is 1. The third kappa shape index (κ3) is 2.82. The van der Waals surface area contributed by atoms with Crippen molar-refractivity contribution in [2.45, 2.75) is 0 Å². The van der Waals surface area contributed by atoms with Gasteiger partial charge in [0.15, 0.2) is 5.69 Å². The van der Waals surface area contributed by atoms with Gasteiger partial charge in [0.05, 0.1) is 14.2 Å². The molecule has 2 aromatic rings. The van der Waals surface area contributed by atoms with Crippen molar-refractivity contribution in [1.29, 1.82) is 0 Å². The summed E-state index contributed by atoms with van der Waals surface area (Å²) in [6.45, 7) is 0. The van der Waals surface area contributed by atoms with Gasteiger partial charge in [0.25, 0.3) is 0 Å². The van der Waals surface area contributed by atoms with Crippen LogP contribution in [0, 0.1) is 0 Å². The Morgan fingerprint density at radius 2 is 1.82 bits per heavy atom. The van der Waals surface area contributed by atoms with E-state index in [4.69, 9.17) is 11.6 Å². The molecule has 0 aliphatic carbocycles. The number of carbonyl (C=O) groups is 3. The number of rotatable bonds is 4. The predicted octanol–water partition coefficient (Wildman–Crippen LogP) is 1.26. The van der Waals surface area contributed by atoms with Gasteiger partial charge in [0.2, 0.25) is 5.78 Å². The number of esters is 2. The van der Waals surface area contributed by atoms with Gasteiger partial charge in [-0.15, -0.1) is 0 Å². The number of pyridine rings is 1. The van der Waals surface area contributed by atoms with Crippen LogP contribution in [0.2, 0.25) is 5.15 Å². The summed E-state index contributed by atoms with van der Waals surface area (Å²) in [6.07, 6.45) is 0. The topological polar surface area (TPSA) is 111 Å². The monoisotopic (exact) mass is 323 g/mol. The van der Waals surface area contributed by atoms with Crippen molar-refractivity contribution in [3.8, 4) is 0 Å². The maximum atomic E-state index is 12.4. The molecule has 0 aliphatic heterocycles. The Morgan fingerprint density at radius 3 is 2.41 bits per heavy atom. The number of ketones is 1. The molecule has 0 radical (unpaired) electrons. The predicted molar refractivity (Wildman–Crippen MR) is 73.9 cm³/mol. The molecule has 0 amide bonds. The Kier molecular flexibility index (Phi) is 4.52. The second-order valence-electron chi connectivity index (χ2n) is 3.98. The summed E-state index contributed by atoms with van der Waals surface area (Å²) >= 11 is 5.73. The zero-order chi connectivity index (χ0) is 16.3. The molecule has 8 nitrogen and oxygen atoms in total. The van der Waals surface area contributed by atoms with Gasteiger partial charge in [-0.2, -0.15) is 5.10 Å². The van der Waals surface area contributed by atoms with Gasteiger partial charge in [0.1, 0.15) is 22.1 Å². The number of aromatic amines is 1. The Hall–Kier alpha value is -2.74. The van der Waals surface area contributed by atoms with Gasteiger partial charge >= 0.3 is 11.9 Å². The summed E-state index contributed by atoms with van der Waals surface area (Å²) in [5.41, 5.74) is -0.927. The number of nitrogens with zero attached hydrogens (tertiary/aromatic N) is 2. The summed E-state index contributed by atoms with van der Waals surface area (Å²) in [6, 6.07) is 4.42. The Labute approximate surface area is 129 Å². The first-order valence-electron chi connectivity index (χ1n) is 5.91. The minimum absolute atomic E-state index is 0.0273. The highest BCUT2D eigenvalue weighted by Crippen LogP contribution is 2.18. The van der Waals surface area contributed by atoms with Gasteiger partial charge in [-0.05, 0) is 12.1 Å². The molecule has 0 unspecified atom stereocenters. The molecule has 22 heavy (non-hydrogen) atoms. The van der Waals surface area contributed by atoms with Crippen LogP contribution >= 0.6 is 11.6 Å². The van der Waals surface area contributed by atoms with E-state index in [2.05, 4.69) is 24.7 Å². The average Bonchev–Trinajstić information content (AvgIpc) is 2.97. The first-order chi connectivity index (χ1) is 10.5. The second-order valence-corrected chi connectivity index (χ2v) is 4.37. The van der Waals surface area contributed by atoms with E-state index in [-0.39, 0.29) is 27.8 Å². The molecular formula is C13H10ClN3O5. The molecule has 1 N–H and O–H groups in total. The molecule has 0 fully saturated rings. The van der Waals surface area contributed by atoms with Crippen molar-refractivity contribution < 1.29 is 23.9 Å². The van der Waals surface area contributed by atoms with E-state index in [1.807, 2.05) is 0 Å². The largest absolute Gasteiger partial charge is 0.465 e. The maximum Gasteiger partial charge on any atom is 0.357 e. The van der Waals surface area contributed by atoms with Crippen molar-refractivity contribution in [2.24, 2.45) is 0 Å². The number of aromatic nitrogens is 3. The first-order valence-corrected chi connectivity index (χ1v) is 6.29. The lowest BCUT2D eigenvalue weighted by Gasteiger charge is -2.02. The molecule has 0 atom stereocenters. The van der Waals surface area contributed by atoms with Gasteiger partial charge in [-0.3, -0.25) is 9.89 Å². The van der Waals surface area contributed by atoms with Crippen molar-refractivity contribution in [2.75, 3.05) is 14.2 Å². The number of halogens is 1. The van der Waals surface area contributed by atoms with Crippen LogP contribution in [-0.4, -0.2) is 47.1 Å². The molecule has 0 bridgehead atoms. The summed E-state index contributed by atoms with van der Waals surface area (Å²) in [5, 5.41) is 6.11. The normalized spacial score (nSPS) is 10.1. The SMILES string of the molecule is COC(=O)c1[nH]nc(C(=O)c2cccc(Cl)n2)c1C(=O)OC. The van der Waals surface area contributed by atoms with E-state index in [0.29, 0.717) is 0 Å². The fraction of sp³-hybridized carbons (Fsp3) is 0.154. The lowest BCUT2D eigenvalue weighted by atomic mass is 10.1. The first kappa shape index (κ1) is 15.6. The molecule has 0 aliphatic rings. The summed E-state index contributed by atoms with van der Waals surface area (Å²) in [7, 11) is 2.24. The van der Waals surface area contributed by atoms with Crippen LogP contribution in [0.5, 0.6) is 0 Å². The van der Waals surface area contributed by atoms with E-state index in [1.165, 1.54) is 18.2 Å². The van der Waals surface area contributed by atoms with Crippen LogP contribution in [-0.2, 0) is 9.47 Å². The van der Waals surface area contributed by atoms with E-state index in [1.54, 1.807) is 0 Å². The number of hydrogen-bond donors (Lipinski definition) is 1. The molecule has 0 saturated heterocycles. The van der Waals surface area contributed by atoms with Crippen molar-refractivity contribution in [1.82, 2.24) is 15.2 Å². The highest BCUT2D eigenvalue weighted by molar-refractivity contribution is 6.29. The van der Waals surface area contributed by atoms with Gasteiger partial charge in [-0.1, -0.05) is 17.7 Å². The lowest BCUT2D eigenvalue weighted by molar-refractivity contribution is 0.0551. The van der Waals surface area contributed by atoms with Crippen LogP contribution in [0.1, 0.15) is 37.0 Å². The standard InChI is InChI=1S/C13H10ClN3O5/c1-21-12(19)8-9(16-17-10(8)13(20)22-2)11(18)6-4-3-5-7(14)15-6/h3-5H,1-2H3,(H,16,17). The third-order valence-electron chi connectivity index (χ3n) is 2.71. The fourth-order valence-electron chi connectivity index (χ4n) is 1.71. The minimum atomic E-state index is -0.903. The zero-order valence-electron chi connectivity index (χ0n) is 11.5. The Bertz CT molecular complexity index is 756. The molecular weight excluding hydrogens is 314 g/mol. The summed E-state index contributed by atoms with van der Waals surface area (Å²) < 4.78 is 9.10. The van der Waals surface area contributed by atoms with Crippen LogP contribution in [0.25, 0.3) is 0 Å². The summed E-state index contributed by atoms with van der Waals surface area (Å²) in [5.74, 6) is -2.44. The quantitative estimate of drug-likeness (QED) is 0.512. The molecule has 0 aromatic carbocycles. The molecule has 0 spiro atoms. The molecule has 9 heteroatoms. The van der Waals surface area contributed by atoms with Gasteiger partial charge < -0.3 is 9.47 Å². The average molecular weight is 324 g/mol. The Morgan fingerprint density at radius 1 is 1.14 bits per heavy atom. The van der Waals surface area contributed by atoms with Crippen molar-refractivity contribution in [3.05, 3.63) is 46.0 Å². The van der Waals surface area contributed by atoms with Crippen LogP contribution < -0.4 is 0 Å². The van der Waals surface area contributed by atoms with Crippen molar-refractivity contribution >= 4 is 29.3 Å². The molecule has 114 valence electrons. The molecule has 2 heterocycles. The fourth-order valence-corrected chi connectivity index (χ4v) is 1.88. The number of ether oxygens (including phenoxy) is 2. The number of carbonyl (C=O) groups excluding carboxylic acids is 3. The highest BCUT2D eigenvalue weighted by atomic mass is 35.5. The smallest absolute Gasteiger partial charge is 0.357 e. The summed E-state index contributed by atoms with van der Waals surface area (Å²) in [4.78, 5) is 39.7. The van der Waals surface area contributed by atoms with Crippen LogP contribution in [0.4, 0.5) is 0 Å². The molecule has 0 saturated carbocycles. The third-order valence-corrected chi connectivity index (χ3v) is 2.92. The van der Waals surface area contributed by atoms with Gasteiger partial charge in [0, 0.05) is 0 Å². The van der Waals surface area contributed by atoms with E-state index < -0.39 is 17.7 Å². The number of nitrogens with one attached hydrogen (secondary N) is 1. The highest BCUT2D eigenvalue weighted by Gasteiger charge is 2.30. The van der Waals surface area contributed by atoms with E-state index >= 15 is 0 Å². The molecule has 2 rings (SSSR count). The van der Waals surface area contributed by atoms with E-state index in [9.17, 15) is 14.4 Å².